The van der Waals surface area contributed by atoms with Gasteiger partial charge in [-0.05, 0) is 98.3 Å². The predicted octanol–water partition coefficient (Wildman–Crippen LogP) is 7.96. The van der Waals surface area contributed by atoms with Gasteiger partial charge in [-0.15, -0.1) is 5.73 Å². The van der Waals surface area contributed by atoms with Crippen molar-refractivity contribution in [3.63, 3.8) is 0 Å². The van der Waals surface area contributed by atoms with E-state index in [9.17, 15) is 0 Å². The summed E-state index contributed by atoms with van der Waals surface area (Å²) in [7, 11) is 0. The fourth-order valence-electron chi connectivity index (χ4n) is 5.86. The number of nitrogens with zero attached hydrogens (tertiary/aromatic N) is 2. The predicted molar refractivity (Wildman–Crippen MR) is 164 cm³/mol. The van der Waals surface area contributed by atoms with Gasteiger partial charge in [0, 0.05) is 40.9 Å². The molecule has 2 fully saturated rings. The molecule has 0 unspecified atom stereocenters. The molecule has 0 aliphatic heterocycles. The molecular formula is C34H39N5. The average molecular weight is 518 g/mol. The molecule has 5 rings (SSSR count). The van der Waals surface area contributed by atoms with Crippen molar-refractivity contribution in [2.75, 3.05) is 5.32 Å². The van der Waals surface area contributed by atoms with Crippen LogP contribution in [0.4, 0.5) is 5.69 Å². The summed E-state index contributed by atoms with van der Waals surface area (Å²) in [5.74, 6) is 0.655. The zero-order valence-corrected chi connectivity index (χ0v) is 23.0. The van der Waals surface area contributed by atoms with E-state index in [0.717, 1.165) is 53.1 Å². The van der Waals surface area contributed by atoms with E-state index < -0.39 is 0 Å². The maximum Gasteiger partial charge on any atom is 0.152 e. The van der Waals surface area contributed by atoms with Gasteiger partial charge in [-0.2, -0.15) is 0 Å². The van der Waals surface area contributed by atoms with Crippen molar-refractivity contribution >= 4 is 28.4 Å². The molecule has 1 aromatic carbocycles. The second kappa shape index (κ2) is 11.4. The van der Waals surface area contributed by atoms with Gasteiger partial charge in [0.2, 0.25) is 0 Å². The van der Waals surface area contributed by atoms with Crippen LogP contribution >= 0.6 is 0 Å². The van der Waals surface area contributed by atoms with Crippen molar-refractivity contribution in [1.29, 1.82) is 5.41 Å². The fourth-order valence-corrected chi connectivity index (χ4v) is 5.86. The van der Waals surface area contributed by atoms with E-state index in [1.54, 1.807) is 12.3 Å². The molecule has 0 radical (unpaired) electrons. The van der Waals surface area contributed by atoms with Gasteiger partial charge in [-0.25, -0.2) is 4.99 Å². The Bertz CT molecular complexity index is 1430. The number of nitrogens with one attached hydrogen (secondary N) is 2. The first-order valence-electron chi connectivity index (χ1n) is 14.1. The van der Waals surface area contributed by atoms with Gasteiger partial charge in [0.1, 0.15) is 0 Å². The third-order valence-corrected chi connectivity index (χ3v) is 8.88. The van der Waals surface area contributed by atoms with E-state index >= 15 is 0 Å². The molecule has 5 heteroatoms. The fraction of sp³-hybridized carbons (Fsp3) is 0.353. The van der Waals surface area contributed by atoms with Crippen LogP contribution in [0.25, 0.3) is 11.1 Å². The molecule has 1 heterocycles. The number of aromatic nitrogens is 1. The lowest BCUT2D eigenvalue weighted by Gasteiger charge is -2.44. The molecular weight excluding hydrogens is 478 g/mol. The van der Waals surface area contributed by atoms with Crippen molar-refractivity contribution in [1.82, 2.24) is 4.98 Å². The highest BCUT2D eigenvalue weighted by atomic mass is 14.9. The number of pyridine rings is 1. The molecule has 39 heavy (non-hydrogen) atoms. The summed E-state index contributed by atoms with van der Waals surface area (Å²) in [5, 5.41) is 12.1. The summed E-state index contributed by atoms with van der Waals surface area (Å²) in [4.78, 5) is 9.25. The topological polar surface area (TPSA) is 87.2 Å². The minimum absolute atomic E-state index is 0.234. The summed E-state index contributed by atoms with van der Waals surface area (Å²) in [5.41, 5.74) is 18.0. The number of aliphatic imine (C=N–C) groups is 1. The van der Waals surface area contributed by atoms with Crippen molar-refractivity contribution < 1.29 is 0 Å². The number of nitrogens with two attached hydrogens (primary N) is 1. The molecule has 200 valence electrons. The monoisotopic (exact) mass is 517 g/mol. The van der Waals surface area contributed by atoms with E-state index in [-0.39, 0.29) is 5.84 Å². The molecule has 5 nitrogen and oxygen atoms in total. The lowest BCUT2D eigenvalue weighted by molar-refractivity contribution is 0.121. The van der Waals surface area contributed by atoms with Crippen LogP contribution in [0.2, 0.25) is 0 Å². The maximum absolute atomic E-state index is 8.62. The highest BCUT2D eigenvalue weighted by molar-refractivity contribution is 6.10. The van der Waals surface area contributed by atoms with E-state index in [0.29, 0.717) is 17.0 Å². The molecule has 0 bridgehead atoms. The van der Waals surface area contributed by atoms with Gasteiger partial charge < -0.3 is 11.1 Å². The number of anilines is 1. The van der Waals surface area contributed by atoms with E-state index in [1.165, 1.54) is 49.7 Å². The Hall–Kier alpha value is -3.95. The number of aryl methyl sites for hydroxylation is 1. The first-order valence-corrected chi connectivity index (χ1v) is 14.1. The summed E-state index contributed by atoms with van der Waals surface area (Å²) in [6.07, 6.45) is 18.8. The lowest BCUT2D eigenvalue weighted by Crippen LogP contribution is -2.30. The number of allylic oxidation sites excluding steroid dienone is 4. The molecule has 0 atom stereocenters. The zero-order valence-electron chi connectivity index (χ0n) is 23.0. The Kier molecular flexibility index (Phi) is 7.81. The SMILES string of the molecule is C=C=C(Nc1cc(C(=N)N=C(C=C)C2CCC2)ccc1C)/C(=C/N)c1cc(C2=CCC3(CCC3)CC2)ccn1. The van der Waals surface area contributed by atoms with Crippen molar-refractivity contribution in [2.24, 2.45) is 22.1 Å². The summed E-state index contributed by atoms with van der Waals surface area (Å²) in [6.45, 7) is 9.87. The van der Waals surface area contributed by atoms with Crippen molar-refractivity contribution in [3.8, 4) is 0 Å². The maximum atomic E-state index is 8.62. The number of hydrogen-bond donors (Lipinski definition) is 3. The van der Waals surface area contributed by atoms with Gasteiger partial charge in [-0.1, -0.05) is 44.2 Å². The summed E-state index contributed by atoms with van der Waals surface area (Å²) >= 11 is 0. The number of hydrogen-bond acceptors (Lipinski definition) is 4. The third-order valence-electron chi connectivity index (χ3n) is 8.88. The number of rotatable bonds is 8. The van der Waals surface area contributed by atoms with E-state index in [2.05, 4.69) is 52.4 Å². The van der Waals surface area contributed by atoms with Gasteiger partial charge in [0.05, 0.1) is 11.4 Å². The summed E-state index contributed by atoms with van der Waals surface area (Å²) < 4.78 is 0. The highest BCUT2D eigenvalue weighted by Gasteiger charge is 2.37. The van der Waals surface area contributed by atoms with Crippen LogP contribution in [0.1, 0.15) is 80.2 Å². The van der Waals surface area contributed by atoms with E-state index in [4.69, 9.17) is 11.1 Å². The van der Waals surface area contributed by atoms with Crippen molar-refractivity contribution in [3.05, 3.63) is 102 Å². The van der Waals surface area contributed by atoms with Gasteiger partial charge in [0.25, 0.3) is 0 Å². The molecule has 3 aliphatic rings. The third kappa shape index (κ3) is 5.60. The van der Waals surface area contributed by atoms with Crippen molar-refractivity contribution in [2.45, 2.75) is 64.7 Å². The smallest absolute Gasteiger partial charge is 0.152 e. The largest absolute Gasteiger partial charge is 0.404 e. The Morgan fingerprint density at radius 2 is 2.03 bits per heavy atom. The Morgan fingerprint density at radius 1 is 1.21 bits per heavy atom. The standard InChI is InChI=1S/C34H39N5/c1-4-29(25-8-6-9-25)39-33(36)27-11-10-23(3)31(21-27)38-30(5-2)28(22-35)32-20-26(14-19-37-32)24-12-17-34(18-13-24)15-7-16-34/h4,10-12,14,19-22,25,36,38H,1-2,6-9,13,15-18,35H2,3H3/b28-22-,36-33?,39-29?. The molecule has 2 aromatic rings. The Morgan fingerprint density at radius 3 is 2.62 bits per heavy atom. The minimum Gasteiger partial charge on any atom is -0.404 e. The highest BCUT2D eigenvalue weighted by Crippen LogP contribution is 2.52. The van der Waals surface area contributed by atoms with Crippen LogP contribution in [0.5, 0.6) is 0 Å². The van der Waals surface area contributed by atoms with Gasteiger partial charge >= 0.3 is 0 Å². The molecule has 1 aromatic heterocycles. The second-order valence-electron chi connectivity index (χ2n) is 11.2. The Labute approximate surface area is 232 Å². The summed E-state index contributed by atoms with van der Waals surface area (Å²) in [6, 6.07) is 10.1. The first kappa shape index (κ1) is 26.6. The van der Waals surface area contributed by atoms with Gasteiger partial charge in [0.15, 0.2) is 5.84 Å². The number of amidine groups is 1. The van der Waals surface area contributed by atoms with Crippen LogP contribution in [-0.4, -0.2) is 16.5 Å². The van der Waals surface area contributed by atoms with Crippen LogP contribution in [0.15, 0.2) is 84.5 Å². The quantitative estimate of drug-likeness (QED) is 0.144. The van der Waals surface area contributed by atoms with E-state index in [1.807, 2.05) is 31.3 Å². The molecule has 0 saturated heterocycles. The zero-order chi connectivity index (χ0) is 27.4. The molecule has 3 aliphatic carbocycles. The molecule has 4 N–H and O–H groups in total. The van der Waals surface area contributed by atoms with Crippen LogP contribution in [0.3, 0.4) is 0 Å². The van der Waals surface area contributed by atoms with Crippen LogP contribution < -0.4 is 11.1 Å². The first-order chi connectivity index (χ1) is 18.9. The van der Waals surface area contributed by atoms with Crippen LogP contribution in [-0.2, 0) is 0 Å². The van der Waals surface area contributed by atoms with Crippen LogP contribution in [0, 0.1) is 23.7 Å². The normalized spacial score (nSPS) is 18.8. The molecule has 2 saturated carbocycles. The Balaban J connectivity index is 1.36. The molecule has 0 amide bonds. The minimum atomic E-state index is 0.234. The molecule has 1 spiro atoms. The number of benzene rings is 1. The lowest BCUT2D eigenvalue weighted by atomic mass is 9.61. The average Bonchev–Trinajstić information content (AvgIpc) is 2.91. The second-order valence-corrected chi connectivity index (χ2v) is 11.2. The van der Waals surface area contributed by atoms with Gasteiger partial charge in [-0.3, -0.25) is 10.4 Å².